The molecule has 0 aromatic heterocycles. The molecule has 1 atom stereocenters. The lowest BCUT2D eigenvalue weighted by molar-refractivity contribution is -0.139. The normalized spacial score (nSPS) is 29.7. The average Bonchev–Trinajstić information content (AvgIpc) is 2.77. The van der Waals surface area contributed by atoms with Gasteiger partial charge in [-0.25, -0.2) is 0 Å². The van der Waals surface area contributed by atoms with Crippen molar-refractivity contribution in [3.8, 4) is 0 Å². The van der Waals surface area contributed by atoms with Crippen LogP contribution < -0.4 is 0 Å². The molecular formula is C9H14NO2. The van der Waals surface area contributed by atoms with Crippen molar-refractivity contribution in [2.45, 2.75) is 25.4 Å². The van der Waals surface area contributed by atoms with Gasteiger partial charge in [-0.3, -0.25) is 4.79 Å². The summed E-state index contributed by atoms with van der Waals surface area (Å²) in [5.74, 6) is 0.196. The first-order chi connectivity index (χ1) is 5.88. The highest BCUT2D eigenvalue weighted by molar-refractivity contribution is 5.81. The molecule has 1 unspecified atom stereocenters. The predicted octanol–water partition coefficient (Wildman–Crippen LogP) is 0.602. The average molecular weight is 168 g/mol. The molecule has 0 aliphatic carbocycles. The Morgan fingerprint density at radius 2 is 2.50 bits per heavy atom. The maximum absolute atomic E-state index is 11.6. The van der Waals surface area contributed by atoms with Crippen LogP contribution in [0.5, 0.6) is 0 Å². The Labute approximate surface area is 72.7 Å². The molecular weight excluding hydrogens is 154 g/mol. The van der Waals surface area contributed by atoms with E-state index in [1.807, 2.05) is 4.90 Å². The number of likely N-dealkylation sites (tertiary alicyclic amines) is 1. The molecule has 2 saturated heterocycles. The molecule has 1 radical (unpaired) electrons. The highest BCUT2D eigenvalue weighted by Gasteiger charge is 2.29. The number of ether oxygens (including phenoxy) is 1. The van der Waals surface area contributed by atoms with E-state index >= 15 is 0 Å². The van der Waals surface area contributed by atoms with Crippen molar-refractivity contribution in [2.24, 2.45) is 0 Å². The van der Waals surface area contributed by atoms with Crippen LogP contribution in [-0.2, 0) is 9.53 Å². The minimum absolute atomic E-state index is 0.128. The largest absolute Gasteiger partial charge is 0.368 e. The Morgan fingerprint density at radius 1 is 1.58 bits per heavy atom. The van der Waals surface area contributed by atoms with Gasteiger partial charge in [-0.15, -0.1) is 0 Å². The summed E-state index contributed by atoms with van der Waals surface area (Å²) in [6, 6.07) is 0. The summed E-state index contributed by atoms with van der Waals surface area (Å²) in [6.45, 7) is 2.46. The van der Waals surface area contributed by atoms with Crippen LogP contribution in [-0.4, -0.2) is 36.6 Å². The molecule has 0 spiro atoms. The van der Waals surface area contributed by atoms with Gasteiger partial charge in [0, 0.05) is 19.7 Å². The first kappa shape index (κ1) is 8.05. The molecule has 2 aliphatic rings. The maximum atomic E-state index is 11.6. The van der Waals surface area contributed by atoms with Crippen molar-refractivity contribution in [1.82, 2.24) is 4.90 Å². The first-order valence-electron chi connectivity index (χ1n) is 4.60. The molecule has 2 heterocycles. The van der Waals surface area contributed by atoms with E-state index in [1.165, 1.54) is 0 Å². The van der Waals surface area contributed by atoms with Crippen LogP contribution in [0.3, 0.4) is 0 Å². The molecule has 2 fully saturated rings. The topological polar surface area (TPSA) is 29.5 Å². The molecule has 2 aliphatic heterocycles. The third-order valence-corrected chi connectivity index (χ3v) is 2.47. The number of carbonyl (C=O) groups is 1. The molecule has 0 N–H and O–H groups in total. The summed E-state index contributed by atoms with van der Waals surface area (Å²) in [6.07, 6.45) is 5.01. The summed E-state index contributed by atoms with van der Waals surface area (Å²) in [4.78, 5) is 13.5. The summed E-state index contributed by atoms with van der Waals surface area (Å²) in [5.41, 5.74) is 0. The van der Waals surface area contributed by atoms with Gasteiger partial charge < -0.3 is 9.64 Å². The van der Waals surface area contributed by atoms with E-state index in [2.05, 4.69) is 6.42 Å². The van der Waals surface area contributed by atoms with Crippen LogP contribution in [0.4, 0.5) is 0 Å². The maximum Gasteiger partial charge on any atom is 0.251 e. The van der Waals surface area contributed by atoms with Gasteiger partial charge in [-0.2, -0.15) is 0 Å². The van der Waals surface area contributed by atoms with E-state index in [4.69, 9.17) is 4.74 Å². The Bertz CT molecular complexity index is 151. The molecule has 2 rings (SSSR count). The van der Waals surface area contributed by atoms with Crippen LogP contribution in [0.25, 0.3) is 0 Å². The van der Waals surface area contributed by atoms with E-state index < -0.39 is 0 Å². The second-order valence-electron chi connectivity index (χ2n) is 3.36. The highest BCUT2D eigenvalue weighted by atomic mass is 16.5. The summed E-state index contributed by atoms with van der Waals surface area (Å²) in [7, 11) is 0. The molecule has 0 bridgehead atoms. The van der Waals surface area contributed by atoms with Gasteiger partial charge in [-0.1, -0.05) is 0 Å². The summed E-state index contributed by atoms with van der Waals surface area (Å²) >= 11 is 0. The van der Waals surface area contributed by atoms with E-state index in [-0.39, 0.29) is 12.0 Å². The number of carbonyl (C=O) groups excluding carboxylic acids is 1. The predicted molar refractivity (Wildman–Crippen MR) is 44.5 cm³/mol. The van der Waals surface area contributed by atoms with Crippen molar-refractivity contribution >= 4 is 5.91 Å². The fourth-order valence-electron chi connectivity index (χ4n) is 1.76. The number of nitrogens with zero attached hydrogens (tertiary/aromatic N) is 1. The Hall–Kier alpha value is -0.570. The molecule has 67 valence electrons. The van der Waals surface area contributed by atoms with Crippen molar-refractivity contribution in [2.75, 3.05) is 19.7 Å². The highest BCUT2D eigenvalue weighted by Crippen LogP contribution is 2.17. The fourth-order valence-corrected chi connectivity index (χ4v) is 1.76. The molecule has 0 aromatic carbocycles. The van der Waals surface area contributed by atoms with E-state index in [0.29, 0.717) is 0 Å². The summed E-state index contributed by atoms with van der Waals surface area (Å²) in [5, 5.41) is 0. The molecule has 3 nitrogen and oxygen atoms in total. The second kappa shape index (κ2) is 3.44. The first-order valence-corrected chi connectivity index (χ1v) is 4.60. The minimum Gasteiger partial charge on any atom is -0.368 e. The second-order valence-corrected chi connectivity index (χ2v) is 3.36. The number of hydrogen-bond acceptors (Lipinski definition) is 2. The molecule has 0 aromatic rings. The monoisotopic (exact) mass is 168 g/mol. The number of hydrogen-bond donors (Lipinski definition) is 0. The van der Waals surface area contributed by atoms with E-state index in [9.17, 15) is 4.79 Å². The van der Waals surface area contributed by atoms with Crippen LogP contribution in [0.15, 0.2) is 0 Å². The van der Waals surface area contributed by atoms with Crippen LogP contribution in [0, 0.1) is 6.42 Å². The van der Waals surface area contributed by atoms with Crippen molar-refractivity contribution in [1.29, 1.82) is 0 Å². The van der Waals surface area contributed by atoms with Crippen molar-refractivity contribution in [3.05, 3.63) is 6.42 Å². The Kier molecular flexibility index (Phi) is 2.30. The van der Waals surface area contributed by atoms with Crippen LogP contribution >= 0.6 is 0 Å². The van der Waals surface area contributed by atoms with Crippen LogP contribution in [0.1, 0.15) is 19.3 Å². The van der Waals surface area contributed by atoms with Crippen molar-refractivity contribution in [3.63, 3.8) is 0 Å². The van der Waals surface area contributed by atoms with Gasteiger partial charge in [0.2, 0.25) is 0 Å². The third-order valence-electron chi connectivity index (χ3n) is 2.47. The third kappa shape index (κ3) is 1.46. The Balaban J connectivity index is 1.89. The summed E-state index contributed by atoms with van der Waals surface area (Å²) < 4.78 is 5.32. The lowest BCUT2D eigenvalue weighted by Crippen LogP contribution is -2.36. The molecule has 1 amide bonds. The zero-order valence-corrected chi connectivity index (χ0v) is 7.16. The molecule has 3 heteroatoms. The fraction of sp³-hybridized carbons (Fsp3) is 0.778. The zero-order chi connectivity index (χ0) is 8.39. The van der Waals surface area contributed by atoms with Crippen molar-refractivity contribution < 1.29 is 9.53 Å². The smallest absolute Gasteiger partial charge is 0.251 e. The lowest BCUT2D eigenvalue weighted by atomic mass is 10.2. The van der Waals surface area contributed by atoms with E-state index in [0.717, 1.165) is 39.0 Å². The number of rotatable bonds is 1. The minimum atomic E-state index is -0.128. The lowest BCUT2D eigenvalue weighted by Gasteiger charge is -2.18. The van der Waals surface area contributed by atoms with Gasteiger partial charge in [-0.05, 0) is 25.7 Å². The Morgan fingerprint density at radius 3 is 3.08 bits per heavy atom. The molecule has 0 saturated carbocycles. The SMILES string of the molecule is O=C(C1CCCO1)N1C[CH]CC1. The quantitative estimate of drug-likeness (QED) is 0.574. The van der Waals surface area contributed by atoms with Gasteiger partial charge in [0.25, 0.3) is 5.91 Å². The standard InChI is InChI=1S/C9H14NO2/c11-9(8-4-3-7-12-8)10-5-1-2-6-10/h1,8H,2-7H2. The van der Waals surface area contributed by atoms with E-state index in [1.54, 1.807) is 0 Å². The van der Waals surface area contributed by atoms with Gasteiger partial charge in [0.1, 0.15) is 6.10 Å². The molecule has 12 heavy (non-hydrogen) atoms. The number of amides is 1. The van der Waals surface area contributed by atoms with Gasteiger partial charge in [0.05, 0.1) is 0 Å². The van der Waals surface area contributed by atoms with Gasteiger partial charge >= 0.3 is 0 Å². The van der Waals surface area contributed by atoms with Gasteiger partial charge in [0.15, 0.2) is 0 Å². The zero-order valence-electron chi connectivity index (χ0n) is 7.16. The van der Waals surface area contributed by atoms with Crippen LogP contribution in [0.2, 0.25) is 0 Å².